The number of hydrogen-bond donors (Lipinski definition) is 0. The zero-order valence-corrected chi connectivity index (χ0v) is 10.5. The average Bonchev–Trinajstić information content (AvgIpc) is 1.81. The molecule has 80 valence electrons. The maximum absolute atomic E-state index is 2.42. The molecule has 0 bridgehead atoms. The van der Waals surface area contributed by atoms with Gasteiger partial charge in [-0.05, 0) is 18.9 Å². The molecule has 0 aromatic rings. The SMILES string of the molecule is CCC(C)(C)CN(C)C[N+](C)(C)C. The third-order valence-electron chi connectivity index (χ3n) is 2.32. The fourth-order valence-electron chi connectivity index (χ4n) is 1.62. The van der Waals surface area contributed by atoms with E-state index in [1.54, 1.807) is 0 Å². The van der Waals surface area contributed by atoms with Crippen LogP contribution in [0, 0.1) is 5.41 Å². The molecule has 2 nitrogen and oxygen atoms in total. The van der Waals surface area contributed by atoms with E-state index in [9.17, 15) is 0 Å². The van der Waals surface area contributed by atoms with Gasteiger partial charge in [-0.2, -0.15) is 0 Å². The van der Waals surface area contributed by atoms with Gasteiger partial charge in [0.05, 0.1) is 21.1 Å². The minimum absolute atomic E-state index is 0.448. The molecule has 0 aliphatic rings. The molecule has 2 heteroatoms. The Labute approximate surface area is 84.1 Å². The predicted molar refractivity (Wildman–Crippen MR) is 59.6 cm³/mol. The highest BCUT2D eigenvalue weighted by Crippen LogP contribution is 2.20. The van der Waals surface area contributed by atoms with Crippen LogP contribution >= 0.6 is 0 Å². The minimum Gasteiger partial charge on any atom is -0.318 e. The Morgan fingerprint density at radius 2 is 1.62 bits per heavy atom. The Morgan fingerprint density at radius 1 is 1.15 bits per heavy atom. The molecule has 0 unspecified atom stereocenters. The second kappa shape index (κ2) is 4.43. The van der Waals surface area contributed by atoms with Crippen molar-refractivity contribution < 1.29 is 4.48 Å². The van der Waals surface area contributed by atoms with Crippen LogP contribution in [-0.2, 0) is 0 Å². The summed E-state index contributed by atoms with van der Waals surface area (Å²) in [5, 5.41) is 0. The second-order valence-corrected chi connectivity index (χ2v) is 5.96. The van der Waals surface area contributed by atoms with E-state index in [1.807, 2.05) is 0 Å². The molecule has 0 radical (unpaired) electrons. The van der Waals surface area contributed by atoms with Crippen LogP contribution in [0.4, 0.5) is 0 Å². The first kappa shape index (κ1) is 12.9. The molecule has 0 aromatic heterocycles. The maximum atomic E-state index is 2.42. The molecule has 0 atom stereocenters. The van der Waals surface area contributed by atoms with Crippen LogP contribution in [0.15, 0.2) is 0 Å². The van der Waals surface area contributed by atoms with E-state index in [0.29, 0.717) is 5.41 Å². The highest BCUT2D eigenvalue weighted by Gasteiger charge is 2.20. The van der Waals surface area contributed by atoms with Gasteiger partial charge < -0.3 is 4.48 Å². The van der Waals surface area contributed by atoms with Crippen molar-refractivity contribution in [3.05, 3.63) is 0 Å². The van der Waals surface area contributed by atoms with Crippen molar-refractivity contribution in [2.24, 2.45) is 5.41 Å². The Balaban J connectivity index is 3.94. The monoisotopic (exact) mass is 187 g/mol. The summed E-state index contributed by atoms with van der Waals surface area (Å²) < 4.78 is 1.01. The molecule has 0 saturated heterocycles. The molecule has 0 spiro atoms. The molecular weight excluding hydrogens is 160 g/mol. The fourth-order valence-corrected chi connectivity index (χ4v) is 1.62. The average molecular weight is 187 g/mol. The zero-order valence-electron chi connectivity index (χ0n) is 10.5. The van der Waals surface area contributed by atoms with Crippen molar-refractivity contribution in [1.29, 1.82) is 0 Å². The molecular formula is C11H27N2+. The largest absolute Gasteiger partial charge is 0.318 e. The number of quaternary nitrogens is 1. The predicted octanol–water partition coefficient (Wildman–Crippen LogP) is 2.02. The van der Waals surface area contributed by atoms with Gasteiger partial charge in [-0.1, -0.05) is 20.8 Å². The molecule has 0 N–H and O–H groups in total. The number of rotatable bonds is 5. The Hall–Kier alpha value is -0.0800. The van der Waals surface area contributed by atoms with Crippen molar-refractivity contribution in [2.75, 3.05) is 41.4 Å². The van der Waals surface area contributed by atoms with Crippen molar-refractivity contribution in [3.8, 4) is 0 Å². The lowest BCUT2D eigenvalue weighted by Gasteiger charge is -2.34. The minimum atomic E-state index is 0.448. The Morgan fingerprint density at radius 3 is 1.92 bits per heavy atom. The molecule has 0 amide bonds. The first-order valence-electron chi connectivity index (χ1n) is 5.15. The summed E-state index contributed by atoms with van der Waals surface area (Å²) in [5.74, 6) is 0. The molecule has 13 heavy (non-hydrogen) atoms. The fraction of sp³-hybridized carbons (Fsp3) is 1.00. The third-order valence-corrected chi connectivity index (χ3v) is 2.32. The second-order valence-electron chi connectivity index (χ2n) is 5.96. The molecule has 0 fully saturated rings. The molecule has 0 saturated carbocycles. The van der Waals surface area contributed by atoms with Gasteiger partial charge in [0, 0.05) is 6.54 Å². The van der Waals surface area contributed by atoms with Gasteiger partial charge in [-0.3, -0.25) is 4.90 Å². The van der Waals surface area contributed by atoms with E-state index in [-0.39, 0.29) is 0 Å². The van der Waals surface area contributed by atoms with Crippen LogP contribution < -0.4 is 0 Å². The first-order chi connectivity index (χ1) is 5.66. The summed E-state index contributed by atoms with van der Waals surface area (Å²) in [4.78, 5) is 2.42. The summed E-state index contributed by atoms with van der Waals surface area (Å²) >= 11 is 0. The third kappa shape index (κ3) is 7.03. The zero-order chi connectivity index (χ0) is 10.7. The number of nitrogens with zero attached hydrogens (tertiary/aromatic N) is 2. The van der Waals surface area contributed by atoms with E-state index >= 15 is 0 Å². The molecule has 0 aliphatic carbocycles. The summed E-state index contributed by atoms with van der Waals surface area (Å²) in [6, 6.07) is 0. The van der Waals surface area contributed by atoms with Crippen molar-refractivity contribution in [3.63, 3.8) is 0 Å². The highest BCUT2D eigenvalue weighted by atomic mass is 15.4. The summed E-state index contributed by atoms with van der Waals surface area (Å²) in [7, 11) is 8.90. The van der Waals surface area contributed by atoms with Gasteiger partial charge in [0.15, 0.2) is 0 Å². The van der Waals surface area contributed by atoms with E-state index in [1.165, 1.54) is 13.0 Å². The van der Waals surface area contributed by atoms with Gasteiger partial charge in [0.1, 0.15) is 6.67 Å². The smallest absolute Gasteiger partial charge is 0.134 e. The van der Waals surface area contributed by atoms with Gasteiger partial charge in [-0.15, -0.1) is 0 Å². The van der Waals surface area contributed by atoms with Crippen LogP contribution in [0.25, 0.3) is 0 Å². The van der Waals surface area contributed by atoms with Crippen molar-refractivity contribution in [1.82, 2.24) is 4.90 Å². The summed E-state index contributed by atoms with van der Waals surface area (Å²) in [6.07, 6.45) is 1.24. The molecule has 0 rings (SSSR count). The highest BCUT2D eigenvalue weighted by molar-refractivity contribution is 4.69. The lowest BCUT2D eigenvalue weighted by molar-refractivity contribution is -0.880. The van der Waals surface area contributed by atoms with Crippen LogP contribution in [0.2, 0.25) is 0 Å². The molecule has 0 heterocycles. The topological polar surface area (TPSA) is 3.24 Å². The Kier molecular flexibility index (Phi) is 4.40. The summed E-state index contributed by atoms with van der Waals surface area (Å²) in [6.45, 7) is 9.22. The van der Waals surface area contributed by atoms with Gasteiger partial charge in [0.2, 0.25) is 0 Å². The van der Waals surface area contributed by atoms with Gasteiger partial charge in [0.25, 0.3) is 0 Å². The molecule has 0 aliphatic heterocycles. The standard InChI is InChI=1S/C11H27N2/c1-8-11(2,3)9-12(4)10-13(5,6)7/h8-10H2,1-7H3/q+1. The van der Waals surface area contributed by atoms with E-state index < -0.39 is 0 Å². The molecule has 0 aromatic carbocycles. The lowest BCUT2D eigenvalue weighted by Crippen LogP contribution is -2.46. The van der Waals surface area contributed by atoms with E-state index in [4.69, 9.17) is 0 Å². The quantitative estimate of drug-likeness (QED) is 0.470. The van der Waals surface area contributed by atoms with Gasteiger partial charge >= 0.3 is 0 Å². The Bertz CT molecular complexity index is 145. The van der Waals surface area contributed by atoms with Crippen LogP contribution in [-0.4, -0.2) is 50.8 Å². The van der Waals surface area contributed by atoms with Crippen LogP contribution in [0.1, 0.15) is 27.2 Å². The van der Waals surface area contributed by atoms with Crippen molar-refractivity contribution >= 4 is 0 Å². The van der Waals surface area contributed by atoms with Gasteiger partial charge in [-0.25, -0.2) is 0 Å². The normalized spacial score (nSPS) is 13.8. The first-order valence-corrected chi connectivity index (χ1v) is 5.15. The number of hydrogen-bond acceptors (Lipinski definition) is 1. The van der Waals surface area contributed by atoms with E-state index in [2.05, 4.69) is 53.9 Å². The van der Waals surface area contributed by atoms with Crippen LogP contribution in [0.3, 0.4) is 0 Å². The lowest BCUT2D eigenvalue weighted by atomic mass is 9.90. The summed E-state index contributed by atoms with van der Waals surface area (Å²) in [5.41, 5.74) is 0.448. The van der Waals surface area contributed by atoms with E-state index in [0.717, 1.165) is 11.2 Å². The maximum Gasteiger partial charge on any atom is 0.134 e. The van der Waals surface area contributed by atoms with Crippen molar-refractivity contribution in [2.45, 2.75) is 27.2 Å². The van der Waals surface area contributed by atoms with Crippen LogP contribution in [0.5, 0.6) is 0 Å².